The summed E-state index contributed by atoms with van der Waals surface area (Å²) in [5.74, 6) is -1.58. The lowest BCUT2D eigenvalue weighted by molar-refractivity contribution is -0.304. The minimum absolute atomic E-state index is 0.0613. The molecule has 0 aliphatic heterocycles. The zero-order valence-corrected chi connectivity index (χ0v) is 17.2. The predicted molar refractivity (Wildman–Crippen MR) is 110 cm³/mol. The van der Waals surface area contributed by atoms with Crippen molar-refractivity contribution in [2.24, 2.45) is 0 Å². The van der Waals surface area contributed by atoms with Crippen LogP contribution in [0.5, 0.6) is 0 Å². The fourth-order valence-electron chi connectivity index (χ4n) is 3.37. The normalized spacial score (nSPS) is 11.2. The van der Waals surface area contributed by atoms with Gasteiger partial charge in [0.05, 0.1) is 5.56 Å². The third kappa shape index (κ3) is 5.94. The van der Waals surface area contributed by atoms with Crippen LogP contribution < -0.4 is 5.11 Å². The van der Waals surface area contributed by atoms with Gasteiger partial charge in [-0.25, -0.2) is 0 Å². The molecule has 3 aromatic rings. The summed E-state index contributed by atoms with van der Waals surface area (Å²) in [5.41, 5.74) is 1.53. The van der Waals surface area contributed by atoms with E-state index in [1.54, 1.807) is 6.07 Å². The molecule has 166 valence electrons. The van der Waals surface area contributed by atoms with Crippen LogP contribution in [0.4, 0.5) is 13.2 Å². The Labute approximate surface area is 183 Å². The van der Waals surface area contributed by atoms with Crippen LogP contribution in [0.3, 0.4) is 0 Å². The number of rotatable bonds is 7. The van der Waals surface area contributed by atoms with E-state index in [1.165, 1.54) is 30.3 Å². The minimum atomic E-state index is -4.55. The highest BCUT2D eigenvalue weighted by molar-refractivity contribution is 5.75. The van der Waals surface area contributed by atoms with E-state index >= 15 is 0 Å². The molecule has 1 aromatic heterocycles. The number of aliphatic carboxylic acids is 1. The largest absolute Gasteiger partial charge is 0.550 e. The van der Waals surface area contributed by atoms with Crippen LogP contribution in [0.1, 0.15) is 29.2 Å². The summed E-state index contributed by atoms with van der Waals surface area (Å²) in [4.78, 5) is 28.7. The van der Waals surface area contributed by atoms with Gasteiger partial charge in [0.1, 0.15) is 0 Å². The fraction of sp³-hybridized carbons (Fsp3) is 0.208. The van der Waals surface area contributed by atoms with Crippen molar-refractivity contribution in [3.63, 3.8) is 0 Å². The molecule has 0 aliphatic carbocycles. The van der Waals surface area contributed by atoms with E-state index in [0.717, 1.165) is 17.7 Å². The number of benzene rings is 2. The Morgan fingerprint density at radius 1 is 0.969 bits per heavy atom. The van der Waals surface area contributed by atoms with E-state index in [2.05, 4.69) is 4.98 Å². The molecule has 0 N–H and O–H groups in total. The van der Waals surface area contributed by atoms with Crippen LogP contribution in [-0.2, 0) is 35.3 Å². The molecule has 0 aliphatic rings. The number of nitrogens with zero attached hydrogens (tertiary/aromatic N) is 2. The molecule has 1 amide bonds. The van der Waals surface area contributed by atoms with Gasteiger partial charge < -0.3 is 14.8 Å². The first-order chi connectivity index (χ1) is 15.1. The highest BCUT2D eigenvalue weighted by atomic mass is 19.4. The summed E-state index contributed by atoms with van der Waals surface area (Å²) in [6.07, 6.45) is -2.12. The average molecular weight is 441 g/mol. The first-order valence-electron chi connectivity index (χ1n) is 9.77. The molecule has 1 heterocycles. The number of pyridine rings is 1. The quantitative estimate of drug-likeness (QED) is 0.562. The van der Waals surface area contributed by atoms with Crippen LogP contribution in [0.2, 0.25) is 0 Å². The molecule has 0 spiro atoms. The number of halogens is 3. The van der Waals surface area contributed by atoms with Gasteiger partial charge in [-0.2, -0.15) is 13.2 Å². The molecule has 0 saturated heterocycles. The molecule has 32 heavy (non-hydrogen) atoms. The number of hydrogen-bond acceptors (Lipinski definition) is 4. The minimum Gasteiger partial charge on any atom is -0.550 e. The molecule has 8 heteroatoms. The van der Waals surface area contributed by atoms with Crippen molar-refractivity contribution >= 4 is 11.9 Å². The summed E-state index contributed by atoms with van der Waals surface area (Å²) < 4.78 is 40.2. The fourth-order valence-corrected chi connectivity index (χ4v) is 3.37. The van der Waals surface area contributed by atoms with Gasteiger partial charge >= 0.3 is 6.18 Å². The number of amides is 1. The number of alkyl halides is 3. The second-order valence-electron chi connectivity index (χ2n) is 7.36. The van der Waals surface area contributed by atoms with Gasteiger partial charge in [-0.3, -0.25) is 9.78 Å². The van der Waals surface area contributed by atoms with E-state index in [9.17, 15) is 27.9 Å². The third-order valence-electron chi connectivity index (χ3n) is 4.91. The Hall–Kier alpha value is -3.68. The lowest BCUT2D eigenvalue weighted by Gasteiger charge is -2.24. The Bertz CT molecular complexity index is 1110. The molecule has 0 atom stereocenters. The molecular weight excluding hydrogens is 421 g/mol. The second-order valence-corrected chi connectivity index (χ2v) is 7.36. The van der Waals surface area contributed by atoms with E-state index in [4.69, 9.17) is 0 Å². The molecule has 0 unspecified atom stereocenters. The predicted octanol–water partition coefficient (Wildman–Crippen LogP) is 3.61. The lowest BCUT2D eigenvalue weighted by atomic mass is 9.96. The van der Waals surface area contributed by atoms with E-state index in [1.807, 2.05) is 30.3 Å². The van der Waals surface area contributed by atoms with Crippen LogP contribution in [0.25, 0.3) is 11.1 Å². The van der Waals surface area contributed by atoms with Gasteiger partial charge in [-0.15, -0.1) is 0 Å². The second kappa shape index (κ2) is 9.64. The van der Waals surface area contributed by atoms with Gasteiger partial charge in [0.25, 0.3) is 0 Å². The monoisotopic (exact) mass is 441 g/mol. The van der Waals surface area contributed by atoms with Crippen molar-refractivity contribution < 1.29 is 27.9 Å². The zero-order valence-electron chi connectivity index (χ0n) is 17.2. The van der Waals surface area contributed by atoms with E-state index in [-0.39, 0.29) is 31.0 Å². The summed E-state index contributed by atoms with van der Waals surface area (Å²) >= 11 is 0. The smallest absolute Gasteiger partial charge is 0.416 e. The molecule has 0 bridgehead atoms. The first-order valence-corrected chi connectivity index (χ1v) is 9.77. The van der Waals surface area contributed by atoms with Crippen molar-refractivity contribution in [1.29, 1.82) is 0 Å². The Morgan fingerprint density at radius 2 is 1.69 bits per heavy atom. The number of carbonyl (C=O) groups is 2. The highest BCUT2D eigenvalue weighted by Crippen LogP contribution is 2.34. The van der Waals surface area contributed by atoms with Gasteiger partial charge in [0.15, 0.2) is 0 Å². The summed E-state index contributed by atoms with van der Waals surface area (Å²) in [7, 11) is 0. The summed E-state index contributed by atoms with van der Waals surface area (Å²) in [5, 5.41) is 10.9. The maximum atomic E-state index is 13.4. The van der Waals surface area contributed by atoms with Gasteiger partial charge in [0.2, 0.25) is 5.91 Å². The van der Waals surface area contributed by atoms with Crippen molar-refractivity contribution in [1.82, 2.24) is 9.88 Å². The summed E-state index contributed by atoms with van der Waals surface area (Å²) in [6.45, 7) is 1.53. The van der Waals surface area contributed by atoms with Gasteiger partial charge in [-0.05, 0) is 40.5 Å². The number of aromatic nitrogens is 1. The summed E-state index contributed by atoms with van der Waals surface area (Å²) in [6, 6.07) is 14.0. The van der Waals surface area contributed by atoms with Crippen LogP contribution >= 0.6 is 0 Å². The molecule has 3 rings (SSSR count). The number of carboxylic acids is 1. The number of hydrogen-bond donors (Lipinski definition) is 0. The van der Waals surface area contributed by atoms with Crippen molar-refractivity contribution in [3.05, 3.63) is 89.2 Å². The standard InChI is InChI=1S/C24H21F3N2O3/c1-16(30)29(14-17-5-3-2-4-6-17)15-20-11-21(24(25,26)27)7-8-22(20)19-9-18(10-23(31)32)12-28-13-19/h2-9,11-13H,10,14-15H2,1H3,(H,31,32)/p-1. The SMILES string of the molecule is CC(=O)N(Cc1ccccc1)Cc1cc(C(F)(F)F)ccc1-c1cncc(CC(=O)[O-])c1. The number of carbonyl (C=O) groups excluding carboxylic acids is 2. The maximum Gasteiger partial charge on any atom is 0.416 e. The molecular formula is C24H20F3N2O3-. The topological polar surface area (TPSA) is 73.3 Å². The van der Waals surface area contributed by atoms with Crippen LogP contribution in [-0.4, -0.2) is 21.8 Å². The van der Waals surface area contributed by atoms with Crippen LogP contribution in [0.15, 0.2) is 67.0 Å². The van der Waals surface area contributed by atoms with E-state index < -0.39 is 17.7 Å². The Balaban J connectivity index is 2.03. The van der Waals surface area contributed by atoms with Crippen molar-refractivity contribution in [2.75, 3.05) is 0 Å². The van der Waals surface area contributed by atoms with E-state index in [0.29, 0.717) is 16.7 Å². The Morgan fingerprint density at radius 3 is 2.31 bits per heavy atom. The highest BCUT2D eigenvalue weighted by Gasteiger charge is 2.31. The first kappa shape index (κ1) is 23.0. The lowest BCUT2D eigenvalue weighted by Crippen LogP contribution is -2.28. The van der Waals surface area contributed by atoms with Gasteiger partial charge in [-0.1, -0.05) is 36.4 Å². The zero-order chi connectivity index (χ0) is 23.3. The maximum absolute atomic E-state index is 13.4. The molecule has 2 aromatic carbocycles. The molecule has 0 saturated carbocycles. The molecule has 0 fully saturated rings. The average Bonchev–Trinajstić information content (AvgIpc) is 2.73. The van der Waals surface area contributed by atoms with Crippen molar-refractivity contribution in [3.8, 4) is 11.1 Å². The van der Waals surface area contributed by atoms with Gasteiger partial charge in [0, 0.05) is 50.4 Å². The number of carboxylic acid groups (broad SMARTS) is 1. The molecule has 5 nitrogen and oxygen atoms in total. The third-order valence-corrected chi connectivity index (χ3v) is 4.91. The van der Waals surface area contributed by atoms with Crippen molar-refractivity contribution in [2.45, 2.75) is 32.6 Å². The molecule has 0 radical (unpaired) electrons. The Kier molecular flexibility index (Phi) is 6.92. The van der Waals surface area contributed by atoms with Crippen LogP contribution in [0, 0.1) is 0 Å².